The van der Waals surface area contributed by atoms with Gasteiger partial charge in [-0.25, -0.2) is 0 Å². The number of aryl methyl sites for hydroxylation is 1. The van der Waals surface area contributed by atoms with Gasteiger partial charge in [0.2, 0.25) is 0 Å². The van der Waals surface area contributed by atoms with Crippen LogP contribution in [0.2, 0.25) is 0 Å². The molecule has 0 aliphatic rings. The zero-order chi connectivity index (χ0) is 14.4. The van der Waals surface area contributed by atoms with Crippen molar-refractivity contribution in [1.82, 2.24) is 0 Å². The summed E-state index contributed by atoms with van der Waals surface area (Å²) in [5, 5.41) is 5.57. The predicted molar refractivity (Wildman–Crippen MR) is 87.7 cm³/mol. The summed E-state index contributed by atoms with van der Waals surface area (Å²) in [6.45, 7) is 5.82. The average Bonchev–Trinajstić information content (AvgIpc) is 2.90. The second-order valence-electron chi connectivity index (χ2n) is 4.72. The van der Waals surface area contributed by atoms with Gasteiger partial charge in [-0.05, 0) is 35.9 Å². The van der Waals surface area contributed by atoms with E-state index in [1.807, 2.05) is 18.2 Å². The molecule has 0 amide bonds. The number of hydrogen-bond donors (Lipinski definition) is 2. The largest absolute Gasteiger partial charge is 0.493 e. The van der Waals surface area contributed by atoms with Crippen molar-refractivity contribution in [3.8, 4) is 5.75 Å². The molecule has 0 atom stereocenters. The lowest BCUT2D eigenvalue weighted by atomic mass is 10.2. The van der Waals surface area contributed by atoms with Crippen LogP contribution in [0.1, 0.15) is 30.7 Å². The number of rotatable bonds is 7. The Morgan fingerprint density at radius 2 is 2.10 bits per heavy atom. The van der Waals surface area contributed by atoms with Crippen LogP contribution in [-0.4, -0.2) is 6.61 Å². The Morgan fingerprint density at radius 1 is 1.25 bits per heavy atom. The highest BCUT2D eigenvalue weighted by atomic mass is 32.1. The van der Waals surface area contributed by atoms with Crippen LogP contribution < -0.4 is 15.8 Å². The molecule has 20 heavy (non-hydrogen) atoms. The molecule has 0 radical (unpaired) electrons. The fraction of sp³-hybridized carbons (Fsp3) is 0.375. The van der Waals surface area contributed by atoms with Crippen LogP contribution in [0.15, 0.2) is 29.6 Å². The minimum atomic E-state index is 0.716. The lowest BCUT2D eigenvalue weighted by Crippen LogP contribution is -2.02. The molecular weight excluding hydrogens is 268 g/mol. The molecule has 1 aromatic carbocycles. The Hall–Kier alpha value is -1.68. The molecule has 2 rings (SSSR count). The van der Waals surface area contributed by atoms with Crippen molar-refractivity contribution in [3.05, 3.63) is 40.1 Å². The SMILES string of the molecule is CCCOc1cc(N)cc(NCc2sccc2CC)c1. The number of nitrogen functional groups attached to an aromatic ring is 1. The van der Waals surface area contributed by atoms with Gasteiger partial charge in [0.25, 0.3) is 0 Å². The van der Waals surface area contributed by atoms with Crippen molar-refractivity contribution >= 4 is 22.7 Å². The number of benzene rings is 1. The van der Waals surface area contributed by atoms with Gasteiger partial charge in [-0.1, -0.05) is 13.8 Å². The van der Waals surface area contributed by atoms with Gasteiger partial charge >= 0.3 is 0 Å². The molecule has 0 unspecified atom stereocenters. The molecular formula is C16H22N2OS. The number of thiophene rings is 1. The van der Waals surface area contributed by atoms with Crippen LogP contribution in [0.4, 0.5) is 11.4 Å². The summed E-state index contributed by atoms with van der Waals surface area (Å²) < 4.78 is 5.64. The first-order chi connectivity index (χ1) is 9.72. The van der Waals surface area contributed by atoms with E-state index < -0.39 is 0 Å². The van der Waals surface area contributed by atoms with Crippen LogP contribution >= 0.6 is 11.3 Å². The number of nitrogens with one attached hydrogen (secondary N) is 1. The van der Waals surface area contributed by atoms with E-state index in [1.54, 1.807) is 11.3 Å². The molecule has 0 spiro atoms. The van der Waals surface area contributed by atoms with Gasteiger partial charge < -0.3 is 15.8 Å². The van der Waals surface area contributed by atoms with Crippen molar-refractivity contribution in [1.29, 1.82) is 0 Å². The highest BCUT2D eigenvalue weighted by Gasteiger charge is 2.04. The van der Waals surface area contributed by atoms with Crippen LogP contribution in [0.25, 0.3) is 0 Å². The standard InChI is InChI=1S/C16H22N2OS/c1-3-6-19-15-9-13(17)8-14(10-15)18-11-16-12(4-2)5-7-20-16/h5,7-10,18H,3-4,6,11,17H2,1-2H3. The third kappa shape index (κ3) is 3.90. The zero-order valence-corrected chi connectivity index (χ0v) is 12.9. The second kappa shape index (κ2) is 7.20. The first-order valence-corrected chi connectivity index (χ1v) is 7.93. The average molecular weight is 290 g/mol. The summed E-state index contributed by atoms with van der Waals surface area (Å²) in [4.78, 5) is 1.38. The van der Waals surface area contributed by atoms with E-state index in [2.05, 4.69) is 30.6 Å². The topological polar surface area (TPSA) is 47.3 Å². The fourth-order valence-corrected chi connectivity index (χ4v) is 2.96. The Balaban J connectivity index is 2.03. The molecule has 3 nitrogen and oxygen atoms in total. The van der Waals surface area contributed by atoms with E-state index in [0.29, 0.717) is 6.61 Å². The predicted octanol–water partition coefficient (Wildman–Crippen LogP) is 4.29. The van der Waals surface area contributed by atoms with Crippen LogP contribution in [-0.2, 0) is 13.0 Å². The first kappa shape index (κ1) is 14.7. The van der Waals surface area contributed by atoms with Crippen LogP contribution in [0.3, 0.4) is 0 Å². The molecule has 2 aromatic rings. The molecule has 0 saturated carbocycles. The van der Waals surface area contributed by atoms with Crippen LogP contribution in [0, 0.1) is 0 Å². The van der Waals surface area contributed by atoms with Gasteiger partial charge in [0.1, 0.15) is 5.75 Å². The Labute approximate surface area is 124 Å². The summed E-state index contributed by atoms with van der Waals surface area (Å²) >= 11 is 1.79. The maximum Gasteiger partial charge on any atom is 0.123 e. The summed E-state index contributed by atoms with van der Waals surface area (Å²) in [6, 6.07) is 8.00. The molecule has 108 valence electrons. The van der Waals surface area contributed by atoms with Gasteiger partial charge in [-0.3, -0.25) is 0 Å². The van der Waals surface area contributed by atoms with Gasteiger partial charge in [0, 0.05) is 34.9 Å². The molecule has 0 saturated heterocycles. The maximum absolute atomic E-state index is 5.92. The van der Waals surface area contributed by atoms with E-state index in [-0.39, 0.29) is 0 Å². The van der Waals surface area contributed by atoms with Crippen molar-refractivity contribution in [2.75, 3.05) is 17.7 Å². The highest BCUT2D eigenvalue weighted by Crippen LogP contribution is 2.24. The van der Waals surface area contributed by atoms with Gasteiger partial charge in [0.05, 0.1) is 6.61 Å². The lowest BCUT2D eigenvalue weighted by Gasteiger charge is -2.11. The monoisotopic (exact) mass is 290 g/mol. The van der Waals surface area contributed by atoms with Gasteiger partial charge in [-0.15, -0.1) is 11.3 Å². The molecule has 1 heterocycles. The van der Waals surface area contributed by atoms with Crippen molar-refractivity contribution in [2.45, 2.75) is 33.2 Å². The van der Waals surface area contributed by atoms with E-state index >= 15 is 0 Å². The molecule has 0 fully saturated rings. The van der Waals surface area contributed by atoms with Crippen molar-refractivity contribution < 1.29 is 4.74 Å². The Kier molecular flexibility index (Phi) is 5.30. The van der Waals surface area contributed by atoms with E-state index in [9.17, 15) is 0 Å². The number of nitrogens with two attached hydrogens (primary N) is 1. The molecule has 1 aromatic heterocycles. The third-order valence-corrected chi connectivity index (χ3v) is 4.04. The number of anilines is 2. The van der Waals surface area contributed by atoms with E-state index in [4.69, 9.17) is 10.5 Å². The quantitative estimate of drug-likeness (QED) is 0.748. The number of ether oxygens (including phenoxy) is 1. The highest BCUT2D eigenvalue weighted by molar-refractivity contribution is 7.10. The Bertz CT molecular complexity index is 551. The summed E-state index contributed by atoms with van der Waals surface area (Å²) in [5.41, 5.74) is 9.06. The van der Waals surface area contributed by atoms with Gasteiger partial charge in [0.15, 0.2) is 0 Å². The smallest absolute Gasteiger partial charge is 0.123 e. The third-order valence-electron chi connectivity index (χ3n) is 3.07. The molecule has 0 bridgehead atoms. The maximum atomic E-state index is 5.92. The minimum Gasteiger partial charge on any atom is -0.493 e. The fourth-order valence-electron chi connectivity index (χ4n) is 2.05. The minimum absolute atomic E-state index is 0.716. The summed E-state index contributed by atoms with van der Waals surface area (Å²) in [7, 11) is 0. The molecule has 3 N–H and O–H groups in total. The molecule has 4 heteroatoms. The summed E-state index contributed by atoms with van der Waals surface area (Å²) in [5.74, 6) is 0.830. The molecule has 0 aliphatic carbocycles. The van der Waals surface area contributed by atoms with E-state index in [0.717, 1.165) is 36.5 Å². The van der Waals surface area contributed by atoms with Gasteiger partial charge in [-0.2, -0.15) is 0 Å². The lowest BCUT2D eigenvalue weighted by molar-refractivity contribution is 0.318. The molecule has 0 aliphatic heterocycles. The second-order valence-corrected chi connectivity index (χ2v) is 5.72. The van der Waals surface area contributed by atoms with Crippen molar-refractivity contribution in [2.24, 2.45) is 0 Å². The van der Waals surface area contributed by atoms with Crippen molar-refractivity contribution in [3.63, 3.8) is 0 Å². The number of hydrogen-bond acceptors (Lipinski definition) is 4. The van der Waals surface area contributed by atoms with E-state index in [1.165, 1.54) is 10.4 Å². The summed E-state index contributed by atoms with van der Waals surface area (Å²) in [6.07, 6.45) is 2.06. The first-order valence-electron chi connectivity index (χ1n) is 7.05. The van der Waals surface area contributed by atoms with Crippen LogP contribution in [0.5, 0.6) is 5.75 Å². The Morgan fingerprint density at radius 3 is 2.85 bits per heavy atom. The zero-order valence-electron chi connectivity index (χ0n) is 12.1. The normalized spacial score (nSPS) is 10.5.